The first kappa shape index (κ1) is 17.1. The number of aliphatic hydroxyl groups excluding tert-OH is 1. The van der Waals surface area contributed by atoms with Gasteiger partial charge in [0.1, 0.15) is 12.0 Å². The van der Waals surface area contributed by atoms with E-state index in [0.717, 1.165) is 63.9 Å². The highest BCUT2D eigenvalue weighted by Crippen LogP contribution is 2.32. The molecule has 1 fully saturated rings. The zero-order chi connectivity index (χ0) is 17.9. The zero-order valence-corrected chi connectivity index (χ0v) is 15.0. The molecule has 2 aromatic rings. The van der Waals surface area contributed by atoms with Gasteiger partial charge in [0.2, 0.25) is 0 Å². The maximum Gasteiger partial charge on any atom is 0.157 e. The predicted octanol–water partition coefficient (Wildman–Crippen LogP) is 0.736. The summed E-state index contributed by atoms with van der Waals surface area (Å²) in [5.74, 6) is 1.67. The monoisotopic (exact) mass is 354 g/mol. The second-order valence-electron chi connectivity index (χ2n) is 6.93. The fraction of sp³-hybridized carbons (Fsp3) is 0.474. The molecule has 0 bridgehead atoms. The fourth-order valence-corrected chi connectivity index (χ4v) is 3.88. The second kappa shape index (κ2) is 7.47. The van der Waals surface area contributed by atoms with Gasteiger partial charge in [0, 0.05) is 45.8 Å². The minimum Gasteiger partial charge on any atom is -0.395 e. The molecule has 138 valence electrons. The van der Waals surface area contributed by atoms with Crippen molar-refractivity contribution in [1.29, 1.82) is 0 Å². The zero-order valence-electron chi connectivity index (χ0n) is 15.0. The highest BCUT2D eigenvalue weighted by atomic mass is 16.3. The van der Waals surface area contributed by atoms with E-state index in [1.807, 2.05) is 0 Å². The lowest BCUT2D eigenvalue weighted by Crippen LogP contribution is -2.47. The molecule has 0 spiro atoms. The number of nitrogens with zero attached hydrogens (tertiary/aromatic N) is 5. The van der Waals surface area contributed by atoms with E-state index in [1.54, 1.807) is 6.33 Å². The van der Waals surface area contributed by atoms with Gasteiger partial charge in [0.05, 0.1) is 6.61 Å². The number of hydrogen-bond donors (Lipinski definition) is 2. The molecule has 1 aromatic heterocycles. The number of aliphatic hydroxyl groups is 1. The van der Waals surface area contributed by atoms with Gasteiger partial charge in [-0.2, -0.15) is 0 Å². The van der Waals surface area contributed by atoms with Gasteiger partial charge in [-0.1, -0.05) is 24.3 Å². The Balaban J connectivity index is 1.52. The van der Waals surface area contributed by atoms with Crippen LogP contribution in [0.15, 0.2) is 30.6 Å². The van der Waals surface area contributed by atoms with Crippen molar-refractivity contribution >= 4 is 17.3 Å². The van der Waals surface area contributed by atoms with Crippen molar-refractivity contribution in [1.82, 2.24) is 14.9 Å². The molecular weight excluding hydrogens is 328 g/mol. The summed E-state index contributed by atoms with van der Waals surface area (Å²) in [6.45, 7) is 6.24. The molecule has 1 saturated heterocycles. The maximum absolute atomic E-state index is 9.09. The molecule has 1 aromatic carbocycles. The van der Waals surface area contributed by atoms with E-state index < -0.39 is 0 Å². The van der Waals surface area contributed by atoms with Crippen molar-refractivity contribution in [2.75, 3.05) is 61.4 Å². The summed E-state index contributed by atoms with van der Waals surface area (Å²) in [4.78, 5) is 15.7. The number of nitrogen functional groups attached to an aromatic ring is 1. The van der Waals surface area contributed by atoms with Crippen LogP contribution in [0, 0.1) is 0 Å². The van der Waals surface area contributed by atoms with Gasteiger partial charge in [-0.3, -0.25) is 4.90 Å². The van der Waals surface area contributed by atoms with Gasteiger partial charge in [-0.05, 0) is 17.5 Å². The summed E-state index contributed by atoms with van der Waals surface area (Å²) in [5.41, 5.74) is 9.92. The van der Waals surface area contributed by atoms with Crippen LogP contribution in [0.3, 0.4) is 0 Å². The Bertz CT molecular complexity index is 759. The molecule has 0 radical (unpaired) electrons. The first-order valence-electron chi connectivity index (χ1n) is 9.26. The van der Waals surface area contributed by atoms with E-state index in [-0.39, 0.29) is 6.61 Å². The third-order valence-electron chi connectivity index (χ3n) is 5.36. The minimum atomic E-state index is 0.205. The number of anilines is 3. The lowest BCUT2D eigenvalue weighted by Gasteiger charge is -2.36. The minimum absolute atomic E-state index is 0.205. The van der Waals surface area contributed by atoms with Crippen LogP contribution in [0.4, 0.5) is 17.3 Å². The standard InChI is InChI=1S/C19H26N6O/c20-17-18(24-9-7-23(8-10-24)11-12-26)21-14-22-19(17)25-6-5-15-3-1-2-4-16(15)13-25/h1-4,14,26H,5-13,20H2. The second-order valence-corrected chi connectivity index (χ2v) is 6.93. The average Bonchev–Trinajstić information content (AvgIpc) is 2.69. The van der Waals surface area contributed by atoms with E-state index in [0.29, 0.717) is 5.69 Å². The molecular formula is C19H26N6O. The quantitative estimate of drug-likeness (QED) is 0.838. The van der Waals surface area contributed by atoms with Gasteiger partial charge < -0.3 is 20.6 Å². The van der Waals surface area contributed by atoms with Gasteiger partial charge in [0.25, 0.3) is 0 Å². The molecule has 7 heteroatoms. The van der Waals surface area contributed by atoms with Crippen molar-refractivity contribution in [3.63, 3.8) is 0 Å². The Morgan fingerprint density at radius 1 is 0.923 bits per heavy atom. The van der Waals surface area contributed by atoms with E-state index in [9.17, 15) is 0 Å². The van der Waals surface area contributed by atoms with Crippen LogP contribution in [0.1, 0.15) is 11.1 Å². The number of aromatic nitrogens is 2. The summed E-state index contributed by atoms with van der Waals surface area (Å²) in [7, 11) is 0. The number of benzene rings is 1. The van der Waals surface area contributed by atoms with Crippen molar-refractivity contribution in [2.45, 2.75) is 13.0 Å². The smallest absolute Gasteiger partial charge is 0.157 e. The third-order valence-corrected chi connectivity index (χ3v) is 5.36. The molecule has 26 heavy (non-hydrogen) atoms. The number of hydrogen-bond acceptors (Lipinski definition) is 7. The summed E-state index contributed by atoms with van der Waals surface area (Å²) in [6, 6.07) is 8.57. The summed E-state index contributed by atoms with van der Waals surface area (Å²) in [5, 5.41) is 9.09. The molecule has 4 rings (SSSR count). The van der Waals surface area contributed by atoms with Crippen molar-refractivity contribution in [3.8, 4) is 0 Å². The number of β-amino-alcohol motifs (C(OH)–C–C–N with tert-alkyl or cyclic N) is 1. The summed E-state index contributed by atoms with van der Waals surface area (Å²) >= 11 is 0. The Hall–Kier alpha value is -2.38. The van der Waals surface area contributed by atoms with Gasteiger partial charge in [0.15, 0.2) is 11.6 Å². The lowest BCUT2D eigenvalue weighted by atomic mass is 10.00. The Morgan fingerprint density at radius 3 is 2.35 bits per heavy atom. The van der Waals surface area contributed by atoms with Gasteiger partial charge in [-0.15, -0.1) is 0 Å². The molecule has 0 unspecified atom stereocenters. The number of rotatable bonds is 4. The topological polar surface area (TPSA) is 81.8 Å². The van der Waals surface area contributed by atoms with E-state index in [2.05, 4.69) is 48.9 Å². The molecule has 2 aliphatic rings. The highest BCUT2D eigenvalue weighted by Gasteiger charge is 2.24. The summed E-state index contributed by atoms with van der Waals surface area (Å²) in [6.07, 6.45) is 2.64. The van der Waals surface area contributed by atoms with Crippen LogP contribution in [-0.2, 0) is 13.0 Å². The third kappa shape index (κ3) is 3.32. The normalized spacial score (nSPS) is 18.0. The molecule has 0 saturated carbocycles. The predicted molar refractivity (Wildman–Crippen MR) is 103 cm³/mol. The van der Waals surface area contributed by atoms with Crippen LogP contribution in [0.25, 0.3) is 0 Å². The largest absolute Gasteiger partial charge is 0.395 e. The van der Waals surface area contributed by atoms with Crippen LogP contribution in [-0.4, -0.2) is 65.8 Å². The van der Waals surface area contributed by atoms with E-state index in [1.165, 1.54) is 11.1 Å². The Kier molecular flexibility index (Phi) is 4.90. The lowest BCUT2D eigenvalue weighted by molar-refractivity contribution is 0.188. The van der Waals surface area contributed by atoms with Crippen LogP contribution in [0.2, 0.25) is 0 Å². The molecule has 3 N–H and O–H groups in total. The molecule has 0 aliphatic carbocycles. The molecule has 0 amide bonds. The Morgan fingerprint density at radius 2 is 1.62 bits per heavy atom. The SMILES string of the molecule is Nc1c(N2CCN(CCO)CC2)ncnc1N1CCc2ccccc2C1. The number of piperazine rings is 1. The van der Waals surface area contributed by atoms with Crippen molar-refractivity contribution in [2.24, 2.45) is 0 Å². The summed E-state index contributed by atoms with van der Waals surface area (Å²) < 4.78 is 0. The molecule has 3 heterocycles. The van der Waals surface area contributed by atoms with Crippen molar-refractivity contribution in [3.05, 3.63) is 41.7 Å². The number of fused-ring (bicyclic) bond motifs is 1. The number of nitrogens with two attached hydrogens (primary N) is 1. The Labute approximate surface area is 154 Å². The highest BCUT2D eigenvalue weighted by molar-refractivity contribution is 5.76. The first-order valence-corrected chi connectivity index (χ1v) is 9.26. The average molecular weight is 354 g/mol. The maximum atomic E-state index is 9.09. The van der Waals surface area contributed by atoms with Crippen LogP contribution >= 0.6 is 0 Å². The molecule has 0 atom stereocenters. The van der Waals surface area contributed by atoms with Crippen molar-refractivity contribution < 1.29 is 5.11 Å². The fourth-order valence-electron chi connectivity index (χ4n) is 3.88. The van der Waals surface area contributed by atoms with Crippen LogP contribution < -0.4 is 15.5 Å². The first-order chi connectivity index (χ1) is 12.8. The van der Waals surface area contributed by atoms with Gasteiger partial charge >= 0.3 is 0 Å². The van der Waals surface area contributed by atoms with Crippen LogP contribution in [0.5, 0.6) is 0 Å². The van der Waals surface area contributed by atoms with Gasteiger partial charge in [-0.25, -0.2) is 9.97 Å². The molecule has 2 aliphatic heterocycles. The molecule has 7 nitrogen and oxygen atoms in total. The van der Waals surface area contributed by atoms with E-state index >= 15 is 0 Å². The van der Waals surface area contributed by atoms with E-state index in [4.69, 9.17) is 10.8 Å².